The molecule has 0 aromatic carbocycles. The second-order valence-electron chi connectivity index (χ2n) is 10.2. The number of amides is 2. The lowest BCUT2D eigenvalue weighted by Crippen LogP contribution is -2.48. The molecule has 2 fully saturated rings. The molecule has 0 aromatic heterocycles. The van der Waals surface area contributed by atoms with Crippen LogP contribution in [-0.2, 0) is 9.59 Å². The zero-order chi connectivity index (χ0) is 21.3. The molecule has 2 aliphatic rings. The van der Waals surface area contributed by atoms with Crippen molar-refractivity contribution in [1.29, 1.82) is 0 Å². The molecule has 2 amide bonds. The van der Waals surface area contributed by atoms with Crippen LogP contribution in [0.3, 0.4) is 0 Å². The minimum atomic E-state index is -4.16. The SMILES string of the molecule is CC(C)(C)C(=O)N1CCC(CC(C)(C)C(=O)N2CCC(C(F)(F)F)CC2)CC1. The Morgan fingerprint density at radius 1 is 0.786 bits per heavy atom. The van der Waals surface area contributed by atoms with Crippen molar-refractivity contribution in [3.8, 4) is 0 Å². The number of halogens is 3. The fourth-order valence-corrected chi connectivity index (χ4v) is 4.46. The van der Waals surface area contributed by atoms with Gasteiger partial charge in [0.15, 0.2) is 0 Å². The van der Waals surface area contributed by atoms with Crippen molar-refractivity contribution in [2.75, 3.05) is 26.2 Å². The second kappa shape index (κ2) is 8.23. The molecule has 7 heteroatoms. The van der Waals surface area contributed by atoms with Crippen LogP contribution >= 0.6 is 0 Å². The Bertz CT molecular complexity index is 565. The van der Waals surface area contributed by atoms with Gasteiger partial charge in [0.25, 0.3) is 0 Å². The first-order valence-corrected chi connectivity index (χ1v) is 10.4. The van der Waals surface area contributed by atoms with E-state index in [1.807, 2.05) is 39.5 Å². The normalized spacial score (nSPS) is 21.1. The van der Waals surface area contributed by atoms with Crippen molar-refractivity contribution >= 4 is 11.8 Å². The molecule has 2 rings (SSSR count). The minimum absolute atomic E-state index is 0.00137. The Balaban J connectivity index is 1.85. The van der Waals surface area contributed by atoms with Crippen LogP contribution in [0, 0.1) is 22.7 Å². The largest absolute Gasteiger partial charge is 0.391 e. The lowest BCUT2D eigenvalue weighted by atomic mass is 9.77. The van der Waals surface area contributed by atoms with Gasteiger partial charge in [-0.2, -0.15) is 13.2 Å². The van der Waals surface area contributed by atoms with E-state index in [1.54, 1.807) is 4.90 Å². The van der Waals surface area contributed by atoms with Crippen LogP contribution in [-0.4, -0.2) is 54.0 Å². The van der Waals surface area contributed by atoms with Crippen LogP contribution in [0.25, 0.3) is 0 Å². The standard InChI is InChI=1S/C21H35F3N2O2/c1-19(2,3)17(27)25-10-6-15(7-11-25)14-20(4,5)18(28)26-12-8-16(9-13-26)21(22,23)24/h15-16H,6-14H2,1-5H3. The quantitative estimate of drug-likeness (QED) is 0.695. The summed E-state index contributed by atoms with van der Waals surface area (Å²) in [5.41, 5.74) is -0.976. The number of likely N-dealkylation sites (tertiary alicyclic amines) is 2. The van der Waals surface area contributed by atoms with E-state index in [0.29, 0.717) is 25.4 Å². The molecule has 28 heavy (non-hydrogen) atoms. The van der Waals surface area contributed by atoms with Crippen LogP contribution in [0.2, 0.25) is 0 Å². The highest BCUT2D eigenvalue weighted by molar-refractivity contribution is 5.82. The van der Waals surface area contributed by atoms with E-state index in [-0.39, 0.29) is 43.2 Å². The van der Waals surface area contributed by atoms with Crippen LogP contribution in [0.5, 0.6) is 0 Å². The minimum Gasteiger partial charge on any atom is -0.342 e. The smallest absolute Gasteiger partial charge is 0.342 e. The number of carbonyl (C=O) groups excluding carboxylic acids is 2. The van der Waals surface area contributed by atoms with Gasteiger partial charge in [-0.15, -0.1) is 0 Å². The van der Waals surface area contributed by atoms with Gasteiger partial charge in [-0.25, -0.2) is 0 Å². The molecule has 0 aromatic rings. The summed E-state index contributed by atoms with van der Waals surface area (Å²) in [5.74, 6) is -0.810. The third-order valence-corrected chi connectivity index (χ3v) is 6.17. The Hall–Kier alpha value is -1.27. The molecule has 2 aliphatic heterocycles. The topological polar surface area (TPSA) is 40.6 Å². The Kier molecular flexibility index (Phi) is 6.76. The third kappa shape index (κ3) is 5.63. The molecule has 0 radical (unpaired) electrons. The summed E-state index contributed by atoms with van der Waals surface area (Å²) in [6.45, 7) is 11.4. The molecular weight excluding hydrogens is 369 g/mol. The molecule has 0 unspecified atom stereocenters. The summed E-state index contributed by atoms with van der Waals surface area (Å²) in [7, 11) is 0. The average Bonchev–Trinajstić information content (AvgIpc) is 2.59. The Morgan fingerprint density at radius 3 is 1.64 bits per heavy atom. The Labute approximate surface area is 166 Å². The number of carbonyl (C=O) groups is 2. The average molecular weight is 405 g/mol. The van der Waals surface area contributed by atoms with Crippen LogP contribution < -0.4 is 0 Å². The van der Waals surface area contributed by atoms with Crippen LogP contribution in [0.4, 0.5) is 13.2 Å². The molecule has 0 N–H and O–H groups in total. The number of piperidine rings is 2. The summed E-state index contributed by atoms with van der Waals surface area (Å²) in [6, 6.07) is 0. The van der Waals surface area contributed by atoms with E-state index in [1.165, 1.54) is 0 Å². The summed E-state index contributed by atoms with van der Waals surface area (Å²) in [6.07, 6.45) is -1.72. The van der Waals surface area contributed by atoms with Gasteiger partial charge >= 0.3 is 6.18 Å². The molecule has 0 aliphatic carbocycles. The summed E-state index contributed by atoms with van der Waals surface area (Å²) < 4.78 is 38.5. The van der Waals surface area contributed by atoms with Gasteiger partial charge < -0.3 is 9.80 Å². The van der Waals surface area contributed by atoms with Crippen LogP contribution in [0.1, 0.15) is 66.7 Å². The van der Waals surface area contributed by atoms with E-state index in [4.69, 9.17) is 0 Å². The van der Waals surface area contributed by atoms with Crippen molar-refractivity contribution < 1.29 is 22.8 Å². The Morgan fingerprint density at radius 2 is 1.21 bits per heavy atom. The number of hydrogen-bond acceptors (Lipinski definition) is 2. The lowest BCUT2D eigenvalue weighted by Gasteiger charge is -2.40. The number of alkyl halides is 3. The summed E-state index contributed by atoms with van der Waals surface area (Å²) in [4.78, 5) is 28.9. The molecule has 2 heterocycles. The fraction of sp³-hybridized carbons (Fsp3) is 0.905. The van der Waals surface area contributed by atoms with Crippen molar-refractivity contribution in [3.63, 3.8) is 0 Å². The molecular formula is C21H35F3N2O2. The van der Waals surface area contributed by atoms with Gasteiger partial charge in [0.05, 0.1) is 5.92 Å². The van der Waals surface area contributed by atoms with Crippen LogP contribution in [0.15, 0.2) is 0 Å². The van der Waals surface area contributed by atoms with E-state index < -0.39 is 17.5 Å². The van der Waals surface area contributed by atoms with Crippen molar-refractivity contribution in [2.24, 2.45) is 22.7 Å². The first kappa shape index (κ1) is 23.0. The molecule has 0 saturated carbocycles. The maximum atomic E-state index is 12.9. The second-order valence-corrected chi connectivity index (χ2v) is 10.2. The summed E-state index contributed by atoms with van der Waals surface area (Å²) in [5, 5.41) is 0. The van der Waals surface area contributed by atoms with Gasteiger partial charge in [0.2, 0.25) is 11.8 Å². The maximum Gasteiger partial charge on any atom is 0.391 e. The molecule has 0 bridgehead atoms. The van der Waals surface area contributed by atoms with Crippen molar-refractivity contribution in [3.05, 3.63) is 0 Å². The van der Waals surface area contributed by atoms with Gasteiger partial charge in [0.1, 0.15) is 0 Å². The summed E-state index contributed by atoms with van der Waals surface area (Å²) >= 11 is 0. The number of hydrogen-bond donors (Lipinski definition) is 0. The number of nitrogens with zero attached hydrogens (tertiary/aromatic N) is 2. The van der Waals surface area contributed by atoms with E-state index >= 15 is 0 Å². The van der Waals surface area contributed by atoms with E-state index in [2.05, 4.69) is 0 Å². The van der Waals surface area contributed by atoms with Gasteiger partial charge in [-0.3, -0.25) is 9.59 Å². The van der Waals surface area contributed by atoms with Crippen molar-refractivity contribution in [2.45, 2.75) is 72.9 Å². The predicted molar refractivity (Wildman–Crippen MR) is 103 cm³/mol. The molecule has 4 nitrogen and oxygen atoms in total. The molecule has 162 valence electrons. The number of rotatable bonds is 3. The fourth-order valence-electron chi connectivity index (χ4n) is 4.46. The van der Waals surface area contributed by atoms with Crippen molar-refractivity contribution in [1.82, 2.24) is 9.80 Å². The maximum absolute atomic E-state index is 12.9. The lowest BCUT2D eigenvalue weighted by molar-refractivity contribution is -0.187. The highest BCUT2D eigenvalue weighted by Crippen LogP contribution is 2.37. The first-order valence-electron chi connectivity index (χ1n) is 10.4. The van der Waals surface area contributed by atoms with Gasteiger partial charge in [-0.1, -0.05) is 34.6 Å². The van der Waals surface area contributed by atoms with E-state index in [9.17, 15) is 22.8 Å². The monoisotopic (exact) mass is 404 g/mol. The third-order valence-electron chi connectivity index (χ3n) is 6.17. The first-order chi connectivity index (χ1) is 12.7. The molecule has 2 saturated heterocycles. The van der Waals surface area contributed by atoms with E-state index in [0.717, 1.165) is 12.8 Å². The molecule has 0 atom stereocenters. The predicted octanol–water partition coefficient (Wildman–Crippen LogP) is 4.49. The zero-order valence-electron chi connectivity index (χ0n) is 17.9. The highest BCUT2D eigenvalue weighted by atomic mass is 19.4. The highest BCUT2D eigenvalue weighted by Gasteiger charge is 2.44. The molecule has 0 spiro atoms. The van der Waals surface area contributed by atoms with Gasteiger partial charge in [0, 0.05) is 37.0 Å². The zero-order valence-corrected chi connectivity index (χ0v) is 17.9. The van der Waals surface area contributed by atoms with Gasteiger partial charge in [-0.05, 0) is 38.0 Å².